The van der Waals surface area contributed by atoms with E-state index in [1.165, 1.54) is 16.3 Å². The second-order valence-corrected chi connectivity index (χ2v) is 10.2. The van der Waals surface area contributed by atoms with Crippen molar-refractivity contribution in [1.82, 2.24) is 15.0 Å². The summed E-state index contributed by atoms with van der Waals surface area (Å²) in [4.78, 5) is 13.6. The number of nitrogens with zero attached hydrogens (tertiary/aromatic N) is 3. The fraction of sp³-hybridized carbons (Fsp3) is 0.276. The molecule has 3 heterocycles. The maximum absolute atomic E-state index is 6.05. The first-order valence-electron chi connectivity index (χ1n) is 11.5. The van der Waals surface area contributed by atoms with E-state index in [9.17, 15) is 0 Å². The molecule has 0 aliphatic rings. The molecule has 0 atom stereocenters. The van der Waals surface area contributed by atoms with Gasteiger partial charge in [0.15, 0.2) is 5.58 Å². The zero-order chi connectivity index (χ0) is 23.2. The highest BCUT2D eigenvalue weighted by Gasteiger charge is 2.19. The van der Waals surface area contributed by atoms with Gasteiger partial charge in [-0.3, -0.25) is 4.98 Å². The highest BCUT2D eigenvalue weighted by molar-refractivity contribution is 5.94. The van der Waals surface area contributed by atoms with Gasteiger partial charge in [0.25, 0.3) is 0 Å². The van der Waals surface area contributed by atoms with Gasteiger partial charge < -0.3 is 4.42 Å². The van der Waals surface area contributed by atoms with Crippen molar-refractivity contribution in [1.29, 1.82) is 0 Å². The van der Waals surface area contributed by atoms with Crippen LogP contribution in [0.1, 0.15) is 45.9 Å². The molecule has 0 spiro atoms. The molecule has 0 saturated carbocycles. The predicted molar refractivity (Wildman–Crippen MR) is 135 cm³/mol. The van der Waals surface area contributed by atoms with Crippen molar-refractivity contribution in [2.75, 3.05) is 0 Å². The van der Waals surface area contributed by atoms with Gasteiger partial charge in [0.05, 0.1) is 17.6 Å². The molecular formula is C29H29N3O. The standard InChI is InChI=1S/C29H29N3O/c1-18(2)10-21-13-23-24(15-30-16-28(23)33-21)27-14-26(31-17-32-27)20-11-19-8-6-7-9-22(19)25(12-20)29(3,4)5/h6-9,11-18H,10H2,1-5H3. The second-order valence-electron chi connectivity index (χ2n) is 10.2. The largest absolute Gasteiger partial charge is 0.459 e. The van der Waals surface area contributed by atoms with E-state index in [2.05, 4.69) is 98.1 Å². The molecule has 0 saturated heterocycles. The third-order valence-corrected chi connectivity index (χ3v) is 6.02. The van der Waals surface area contributed by atoms with Crippen LogP contribution in [0.25, 0.3) is 44.3 Å². The van der Waals surface area contributed by atoms with E-state index >= 15 is 0 Å². The number of hydrogen-bond acceptors (Lipinski definition) is 4. The van der Waals surface area contributed by atoms with Gasteiger partial charge in [-0.1, -0.05) is 58.9 Å². The molecule has 33 heavy (non-hydrogen) atoms. The van der Waals surface area contributed by atoms with Crippen molar-refractivity contribution < 1.29 is 4.42 Å². The minimum absolute atomic E-state index is 0.0184. The van der Waals surface area contributed by atoms with E-state index in [0.717, 1.165) is 45.7 Å². The fourth-order valence-corrected chi connectivity index (χ4v) is 4.46. The maximum Gasteiger partial charge on any atom is 0.153 e. The number of benzene rings is 2. The van der Waals surface area contributed by atoms with Gasteiger partial charge in [-0.2, -0.15) is 0 Å². The molecule has 166 valence electrons. The van der Waals surface area contributed by atoms with Crippen LogP contribution in [0.3, 0.4) is 0 Å². The average Bonchev–Trinajstić information content (AvgIpc) is 3.19. The van der Waals surface area contributed by atoms with E-state index in [1.807, 2.05) is 6.20 Å². The molecular weight excluding hydrogens is 406 g/mol. The summed E-state index contributed by atoms with van der Waals surface area (Å²) in [5.41, 5.74) is 5.93. The van der Waals surface area contributed by atoms with Crippen LogP contribution in [0.5, 0.6) is 0 Å². The van der Waals surface area contributed by atoms with Crippen molar-refractivity contribution in [3.8, 4) is 22.5 Å². The van der Waals surface area contributed by atoms with Crippen LogP contribution in [0.4, 0.5) is 0 Å². The minimum Gasteiger partial charge on any atom is -0.459 e. The summed E-state index contributed by atoms with van der Waals surface area (Å²) < 4.78 is 6.05. The summed E-state index contributed by atoms with van der Waals surface area (Å²) in [6.07, 6.45) is 6.19. The predicted octanol–water partition coefficient (Wildman–Crippen LogP) is 7.60. The highest BCUT2D eigenvalue weighted by atomic mass is 16.3. The Morgan fingerprint density at radius 3 is 2.45 bits per heavy atom. The van der Waals surface area contributed by atoms with E-state index in [-0.39, 0.29) is 5.41 Å². The van der Waals surface area contributed by atoms with Gasteiger partial charge in [-0.25, -0.2) is 9.97 Å². The van der Waals surface area contributed by atoms with E-state index in [4.69, 9.17) is 4.42 Å². The Morgan fingerprint density at radius 2 is 1.67 bits per heavy atom. The molecule has 0 bridgehead atoms. The lowest BCUT2D eigenvalue weighted by atomic mass is 9.82. The maximum atomic E-state index is 6.05. The molecule has 0 amide bonds. The lowest BCUT2D eigenvalue weighted by Crippen LogP contribution is -2.12. The Bertz CT molecular complexity index is 1460. The molecule has 5 rings (SSSR count). The Balaban J connectivity index is 1.64. The summed E-state index contributed by atoms with van der Waals surface area (Å²) in [6.45, 7) is 11.1. The zero-order valence-corrected chi connectivity index (χ0v) is 19.9. The molecule has 4 heteroatoms. The summed E-state index contributed by atoms with van der Waals surface area (Å²) in [6, 6.07) is 17.2. The molecule has 0 aliphatic heterocycles. The average molecular weight is 436 g/mol. The zero-order valence-electron chi connectivity index (χ0n) is 19.9. The number of rotatable bonds is 4. The molecule has 0 radical (unpaired) electrons. The number of furan rings is 1. The Hall–Kier alpha value is -3.53. The van der Waals surface area contributed by atoms with Gasteiger partial charge in [-0.05, 0) is 51.9 Å². The molecule has 0 N–H and O–H groups in total. The van der Waals surface area contributed by atoms with Crippen molar-refractivity contribution in [3.63, 3.8) is 0 Å². The Kier molecular flexibility index (Phi) is 5.24. The summed E-state index contributed by atoms with van der Waals surface area (Å²) in [7, 11) is 0. The summed E-state index contributed by atoms with van der Waals surface area (Å²) >= 11 is 0. The van der Waals surface area contributed by atoms with Crippen LogP contribution < -0.4 is 0 Å². The molecule has 0 fully saturated rings. The first-order chi connectivity index (χ1) is 15.8. The summed E-state index contributed by atoms with van der Waals surface area (Å²) in [5, 5.41) is 3.55. The molecule has 2 aromatic carbocycles. The van der Waals surface area contributed by atoms with E-state index < -0.39 is 0 Å². The smallest absolute Gasteiger partial charge is 0.153 e. The third kappa shape index (κ3) is 4.13. The van der Waals surface area contributed by atoms with E-state index in [0.29, 0.717) is 5.92 Å². The SMILES string of the molecule is CC(C)Cc1cc2c(-c3cc(-c4cc(C(C)(C)C)c5ccccc5c4)ncn3)cncc2o1. The molecule has 0 aliphatic carbocycles. The van der Waals surface area contributed by atoms with Gasteiger partial charge in [0.1, 0.15) is 12.1 Å². The van der Waals surface area contributed by atoms with Gasteiger partial charge >= 0.3 is 0 Å². The Morgan fingerprint density at radius 1 is 0.879 bits per heavy atom. The highest BCUT2D eigenvalue weighted by Crippen LogP contribution is 2.36. The second kappa shape index (κ2) is 8.11. The number of pyridine rings is 1. The van der Waals surface area contributed by atoms with Crippen LogP contribution in [0.2, 0.25) is 0 Å². The molecule has 5 aromatic rings. The van der Waals surface area contributed by atoms with Crippen LogP contribution in [0.15, 0.2) is 71.7 Å². The van der Waals surface area contributed by atoms with E-state index in [1.54, 1.807) is 12.5 Å². The van der Waals surface area contributed by atoms with Crippen molar-refractivity contribution >= 4 is 21.7 Å². The molecule has 0 unspecified atom stereocenters. The van der Waals surface area contributed by atoms with Gasteiger partial charge in [0, 0.05) is 29.1 Å². The number of aromatic nitrogens is 3. The fourth-order valence-electron chi connectivity index (χ4n) is 4.46. The van der Waals surface area contributed by atoms with Crippen LogP contribution in [-0.4, -0.2) is 15.0 Å². The van der Waals surface area contributed by atoms with Gasteiger partial charge in [-0.15, -0.1) is 0 Å². The van der Waals surface area contributed by atoms with Crippen molar-refractivity contribution in [2.24, 2.45) is 5.92 Å². The van der Waals surface area contributed by atoms with Crippen LogP contribution in [0, 0.1) is 5.92 Å². The monoisotopic (exact) mass is 435 g/mol. The first-order valence-corrected chi connectivity index (χ1v) is 11.5. The first kappa shape index (κ1) is 21.3. The third-order valence-electron chi connectivity index (χ3n) is 6.02. The minimum atomic E-state index is 0.0184. The topological polar surface area (TPSA) is 51.8 Å². The Labute approximate surface area is 194 Å². The lowest BCUT2D eigenvalue weighted by molar-refractivity contribution is 0.499. The van der Waals surface area contributed by atoms with Gasteiger partial charge in [0.2, 0.25) is 0 Å². The van der Waals surface area contributed by atoms with Crippen LogP contribution >= 0.6 is 0 Å². The number of fused-ring (bicyclic) bond motifs is 2. The number of hydrogen-bond donors (Lipinski definition) is 0. The van der Waals surface area contributed by atoms with Crippen molar-refractivity contribution in [2.45, 2.75) is 46.5 Å². The lowest BCUT2D eigenvalue weighted by Gasteiger charge is -2.22. The van der Waals surface area contributed by atoms with Crippen LogP contribution in [-0.2, 0) is 11.8 Å². The van der Waals surface area contributed by atoms with Crippen molar-refractivity contribution in [3.05, 3.63) is 78.6 Å². The summed E-state index contributed by atoms with van der Waals surface area (Å²) in [5.74, 6) is 1.51. The normalized spacial score (nSPS) is 12.2. The quantitative estimate of drug-likeness (QED) is 0.292. The molecule has 4 nitrogen and oxygen atoms in total. The molecule has 3 aromatic heterocycles.